The van der Waals surface area contributed by atoms with Gasteiger partial charge in [-0.05, 0) is 6.42 Å². The lowest BCUT2D eigenvalue weighted by molar-refractivity contribution is 0.0688. The minimum atomic E-state index is -1.08. The Morgan fingerprint density at radius 1 is 1.67 bits per heavy atom. The molecule has 1 amide bonds. The summed E-state index contributed by atoms with van der Waals surface area (Å²) in [5.74, 6) is -1.32. The molecule has 2 N–H and O–H groups in total. The van der Waals surface area contributed by atoms with E-state index in [0.29, 0.717) is 30.8 Å². The van der Waals surface area contributed by atoms with Crippen molar-refractivity contribution >= 4 is 11.9 Å². The normalized spacial score (nSPS) is 14.6. The zero-order valence-corrected chi connectivity index (χ0v) is 8.28. The number of carbonyl (C=O) groups is 2. The topological polar surface area (TPSA) is 84.2 Å². The van der Waals surface area contributed by atoms with E-state index in [2.05, 4.69) is 10.4 Å². The maximum Gasteiger partial charge on any atom is 0.356 e. The maximum absolute atomic E-state index is 11.5. The number of carbonyl (C=O) groups excluding carboxylic acids is 1. The van der Waals surface area contributed by atoms with Crippen molar-refractivity contribution in [2.75, 3.05) is 6.54 Å². The fourth-order valence-corrected chi connectivity index (χ4v) is 1.78. The van der Waals surface area contributed by atoms with Gasteiger partial charge in [0.15, 0.2) is 5.69 Å². The Bertz CT molecular complexity index is 436. The summed E-state index contributed by atoms with van der Waals surface area (Å²) in [5.41, 5.74) is 0.894. The maximum atomic E-state index is 11.5. The molecule has 0 atom stereocenters. The van der Waals surface area contributed by atoms with Crippen molar-refractivity contribution in [1.29, 1.82) is 0 Å². The van der Waals surface area contributed by atoms with E-state index in [1.165, 1.54) is 4.68 Å². The van der Waals surface area contributed by atoms with Crippen molar-refractivity contribution in [3.63, 3.8) is 0 Å². The van der Waals surface area contributed by atoms with E-state index in [4.69, 9.17) is 5.11 Å². The Labute approximate surface area is 85.9 Å². The highest BCUT2D eigenvalue weighted by Crippen LogP contribution is 2.17. The van der Waals surface area contributed by atoms with Crippen molar-refractivity contribution < 1.29 is 14.7 Å². The van der Waals surface area contributed by atoms with E-state index >= 15 is 0 Å². The number of carboxylic acid groups (broad SMARTS) is 1. The second-order valence-corrected chi connectivity index (χ2v) is 3.31. The Balaban J connectivity index is 2.62. The molecule has 2 rings (SSSR count). The first-order valence-corrected chi connectivity index (χ1v) is 4.76. The SMILES string of the molecule is CCc1c(C(=O)O)nn2c1C(=O)NCC2. The molecule has 2 heterocycles. The average Bonchev–Trinajstić information content (AvgIpc) is 2.57. The average molecular weight is 209 g/mol. The van der Waals surface area contributed by atoms with Gasteiger partial charge < -0.3 is 10.4 Å². The van der Waals surface area contributed by atoms with E-state index in [0.717, 1.165) is 0 Å². The molecule has 6 heteroatoms. The molecule has 0 aliphatic carbocycles. The zero-order valence-electron chi connectivity index (χ0n) is 8.28. The smallest absolute Gasteiger partial charge is 0.356 e. The van der Waals surface area contributed by atoms with Crippen molar-refractivity contribution in [2.45, 2.75) is 19.9 Å². The summed E-state index contributed by atoms with van der Waals surface area (Å²) < 4.78 is 1.47. The number of aromatic nitrogens is 2. The van der Waals surface area contributed by atoms with Gasteiger partial charge in [-0.15, -0.1) is 0 Å². The van der Waals surface area contributed by atoms with Crippen LogP contribution in [-0.4, -0.2) is 33.3 Å². The fraction of sp³-hybridized carbons (Fsp3) is 0.444. The number of hydrogen-bond acceptors (Lipinski definition) is 3. The number of nitrogens with one attached hydrogen (secondary N) is 1. The van der Waals surface area contributed by atoms with Gasteiger partial charge in [-0.3, -0.25) is 9.48 Å². The second kappa shape index (κ2) is 3.38. The first-order chi connectivity index (χ1) is 7.15. The number of hydrogen-bond donors (Lipinski definition) is 2. The number of fused-ring (bicyclic) bond motifs is 1. The van der Waals surface area contributed by atoms with Crippen LogP contribution in [0, 0.1) is 0 Å². The lowest BCUT2D eigenvalue weighted by Crippen LogP contribution is -2.36. The van der Waals surface area contributed by atoms with E-state index in [-0.39, 0.29) is 11.6 Å². The molecule has 0 radical (unpaired) electrons. The molecule has 0 spiro atoms. The zero-order chi connectivity index (χ0) is 11.0. The Morgan fingerprint density at radius 2 is 2.40 bits per heavy atom. The van der Waals surface area contributed by atoms with Crippen molar-refractivity contribution in [2.24, 2.45) is 0 Å². The highest BCUT2D eigenvalue weighted by molar-refractivity contribution is 5.98. The molecule has 1 aromatic heterocycles. The first-order valence-electron chi connectivity index (χ1n) is 4.76. The van der Waals surface area contributed by atoms with Crippen molar-refractivity contribution in [1.82, 2.24) is 15.1 Å². The van der Waals surface area contributed by atoms with E-state index < -0.39 is 5.97 Å². The van der Waals surface area contributed by atoms with Gasteiger partial charge in [0.2, 0.25) is 0 Å². The monoisotopic (exact) mass is 209 g/mol. The molecule has 15 heavy (non-hydrogen) atoms. The predicted molar refractivity (Wildman–Crippen MR) is 50.9 cm³/mol. The number of carboxylic acids is 1. The van der Waals surface area contributed by atoms with Gasteiger partial charge >= 0.3 is 5.97 Å². The molecule has 0 bridgehead atoms. The van der Waals surface area contributed by atoms with Crippen molar-refractivity contribution in [3.8, 4) is 0 Å². The third-order valence-corrected chi connectivity index (χ3v) is 2.43. The molecule has 0 saturated heterocycles. The van der Waals surface area contributed by atoms with Gasteiger partial charge in [-0.2, -0.15) is 5.10 Å². The molecule has 6 nitrogen and oxygen atoms in total. The third-order valence-electron chi connectivity index (χ3n) is 2.43. The molecule has 0 aromatic carbocycles. The van der Waals surface area contributed by atoms with Crippen LogP contribution >= 0.6 is 0 Å². The van der Waals surface area contributed by atoms with E-state index in [9.17, 15) is 9.59 Å². The summed E-state index contributed by atoms with van der Waals surface area (Å²) in [6.45, 7) is 2.84. The van der Waals surface area contributed by atoms with Crippen LogP contribution in [0.2, 0.25) is 0 Å². The first kappa shape index (κ1) is 9.70. The summed E-state index contributed by atoms with van der Waals surface area (Å²) in [4.78, 5) is 22.4. The molecular formula is C9H11N3O3. The van der Waals surface area contributed by atoms with Gasteiger partial charge in [0.25, 0.3) is 5.91 Å². The summed E-state index contributed by atoms with van der Waals surface area (Å²) in [7, 11) is 0. The molecule has 1 aliphatic rings. The van der Waals surface area contributed by atoms with Crippen LogP contribution in [0.15, 0.2) is 0 Å². The van der Waals surface area contributed by atoms with E-state index in [1.807, 2.05) is 6.92 Å². The van der Waals surface area contributed by atoms with Crippen LogP contribution in [0.3, 0.4) is 0 Å². The number of amides is 1. The number of aromatic carboxylic acids is 1. The molecule has 1 aliphatic heterocycles. The minimum absolute atomic E-state index is 0.00968. The largest absolute Gasteiger partial charge is 0.476 e. The lowest BCUT2D eigenvalue weighted by Gasteiger charge is -2.14. The Hall–Kier alpha value is -1.85. The minimum Gasteiger partial charge on any atom is -0.476 e. The van der Waals surface area contributed by atoms with Crippen LogP contribution in [0.4, 0.5) is 0 Å². The van der Waals surface area contributed by atoms with Crippen molar-refractivity contribution in [3.05, 3.63) is 17.0 Å². The Morgan fingerprint density at radius 3 is 3.00 bits per heavy atom. The molecule has 1 aromatic rings. The molecule has 0 unspecified atom stereocenters. The predicted octanol–water partition coefficient (Wildman–Crippen LogP) is -0.113. The second-order valence-electron chi connectivity index (χ2n) is 3.31. The molecule has 0 fully saturated rings. The molecule has 80 valence electrons. The summed E-state index contributed by atoms with van der Waals surface area (Å²) in [5, 5.41) is 15.5. The molecule has 0 saturated carbocycles. The van der Waals surface area contributed by atoms with Gasteiger partial charge in [-0.25, -0.2) is 4.79 Å². The fourth-order valence-electron chi connectivity index (χ4n) is 1.78. The van der Waals surface area contributed by atoms with Gasteiger partial charge in [0.1, 0.15) is 5.69 Å². The highest BCUT2D eigenvalue weighted by atomic mass is 16.4. The Kier molecular flexibility index (Phi) is 2.18. The third kappa shape index (κ3) is 1.38. The summed E-state index contributed by atoms with van der Waals surface area (Å²) >= 11 is 0. The van der Waals surface area contributed by atoms with Crippen LogP contribution in [-0.2, 0) is 13.0 Å². The number of nitrogens with zero attached hydrogens (tertiary/aromatic N) is 2. The summed E-state index contributed by atoms with van der Waals surface area (Å²) in [6, 6.07) is 0. The van der Waals surface area contributed by atoms with Crippen LogP contribution in [0.1, 0.15) is 33.5 Å². The van der Waals surface area contributed by atoms with Crippen LogP contribution in [0.25, 0.3) is 0 Å². The molecular weight excluding hydrogens is 198 g/mol. The van der Waals surface area contributed by atoms with Crippen LogP contribution < -0.4 is 5.32 Å². The quantitative estimate of drug-likeness (QED) is 0.711. The summed E-state index contributed by atoms with van der Waals surface area (Å²) in [6.07, 6.45) is 0.490. The van der Waals surface area contributed by atoms with Gasteiger partial charge in [0.05, 0.1) is 6.54 Å². The standard InChI is InChI=1S/C9H11N3O3/c1-2-5-6(9(14)15)11-12-4-3-10-8(13)7(5)12/h2-4H2,1H3,(H,10,13)(H,14,15). The lowest BCUT2D eigenvalue weighted by atomic mass is 10.1. The van der Waals surface area contributed by atoms with Gasteiger partial charge in [0, 0.05) is 12.1 Å². The van der Waals surface area contributed by atoms with Crippen LogP contribution in [0.5, 0.6) is 0 Å². The van der Waals surface area contributed by atoms with Gasteiger partial charge in [-0.1, -0.05) is 6.92 Å². The van der Waals surface area contributed by atoms with E-state index in [1.54, 1.807) is 0 Å². The highest BCUT2D eigenvalue weighted by Gasteiger charge is 2.27. The number of rotatable bonds is 2.